The summed E-state index contributed by atoms with van der Waals surface area (Å²) in [6, 6.07) is 11.1. The highest BCUT2D eigenvalue weighted by Crippen LogP contribution is 2.16. The topological polar surface area (TPSA) is 24.1 Å². The molecule has 2 nitrogen and oxygen atoms in total. The Morgan fingerprint density at radius 2 is 1.50 bits per heavy atom. The lowest BCUT2D eigenvalue weighted by molar-refractivity contribution is 0.619. The molecule has 0 aliphatic heterocycles. The average Bonchev–Trinajstić information content (AvgIpc) is 2.32. The number of anilines is 2. The van der Waals surface area contributed by atoms with Crippen LogP contribution in [-0.4, -0.2) is 5.11 Å². The van der Waals surface area contributed by atoms with E-state index in [1.807, 2.05) is 26.0 Å². The van der Waals surface area contributed by atoms with E-state index in [4.69, 9.17) is 12.2 Å². The number of benzene rings is 2. The molecule has 0 spiro atoms. The quantitative estimate of drug-likeness (QED) is 0.792. The summed E-state index contributed by atoms with van der Waals surface area (Å²) in [5, 5.41) is 6.52. The van der Waals surface area contributed by atoms with Gasteiger partial charge in [0, 0.05) is 11.4 Å². The average molecular weight is 288 g/mol. The van der Waals surface area contributed by atoms with E-state index in [1.165, 1.54) is 6.07 Å². The Hall–Kier alpha value is -1.94. The Kier molecular flexibility index (Phi) is 4.35. The van der Waals surface area contributed by atoms with Crippen LogP contribution in [0.25, 0.3) is 0 Å². The van der Waals surface area contributed by atoms with Crippen LogP contribution in [0.15, 0.2) is 36.4 Å². The molecule has 2 N–H and O–H groups in total. The van der Waals surface area contributed by atoms with Gasteiger partial charge in [0.25, 0.3) is 0 Å². The lowest BCUT2D eigenvalue weighted by Crippen LogP contribution is -2.19. The molecule has 0 radical (unpaired) electrons. The molecular formula is C16H17FN2S. The Morgan fingerprint density at radius 3 is 2.10 bits per heavy atom. The molecule has 2 rings (SSSR count). The van der Waals surface area contributed by atoms with E-state index in [9.17, 15) is 4.39 Å². The summed E-state index contributed by atoms with van der Waals surface area (Å²) >= 11 is 5.24. The fraction of sp³-hybridized carbons (Fsp3) is 0.188. The van der Waals surface area contributed by atoms with Crippen LogP contribution >= 0.6 is 12.2 Å². The predicted octanol–water partition coefficient (Wildman–Crippen LogP) is 4.56. The highest BCUT2D eigenvalue weighted by atomic mass is 32.1. The van der Waals surface area contributed by atoms with Crippen LogP contribution in [0.5, 0.6) is 0 Å². The highest BCUT2D eigenvalue weighted by molar-refractivity contribution is 7.80. The number of aryl methyl sites for hydroxylation is 3. The lowest BCUT2D eigenvalue weighted by Gasteiger charge is -2.12. The molecular weight excluding hydrogens is 271 g/mol. The van der Waals surface area contributed by atoms with Gasteiger partial charge in [0.05, 0.1) is 0 Å². The van der Waals surface area contributed by atoms with Gasteiger partial charge >= 0.3 is 0 Å². The predicted molar refractivity (Wildman–Crippen MR) is 86.9 cm³/mol. The van der Waals surface area contributed by atoms with Gasteiger partial charge in [0.2, 0.25) is 0 Å². The van der Waals surface area contributed by atoms with Crippen LogP contribution in [0.2, 0.25) is 0 Å². The van der Waals surface area contributed by atoms with Crippen molar-refractivity contribution in [3.05, 3.63) is 58.9 Å². The number of nitrogens with one attached hydrogen (secondary N) is 2. The third-order valence-corrected chi connectivity index (χ3v) is 3.11. The van der Waals surface area contributed by atoms with Crippen molar-refractivity contribution in [2.24, 2.45) is 0 Å². The number of hydrogen-bond donors (Lipinski definition) is 2. The number of halogens is 1. The SMILES string of the molecule is Cc1cc(C)cc(NC(=S)Nc2ccc(C)c(F)c2)c1. The zero-order valence-electron chi connectivity index (χ0n) is 11.8. The first-order valence-corrected chi connectivity index (χ1v) is 6.77. The van der Waals surface area contributed by atoms with E-state index in [0.717, 1.165) is 16.8 Å². The summed E-state index contributed by atoms with van der Waals surface area (Å²) in [5.41, 5.74) is 4.50. The monoisotopic (exact) mass is 288 g/mol. The van der Waals surface area contributed by atoms with E-state index < -0.39 is 0 Å². The van der Waals surface area contributed by atoms with Crippen molar-refractivity contribution in [2.75, 3.05) is 10.6 Å². The smallest absolute Gasteiger partial charge is 0.175 e. The number of rotatable bonds is 2. The Bertz CT molecular complexity index is 633. The molecule has 2 aromatic rings. The summed E-state index contributed by atoms with van der Waals surface area (Å²) in [6.07, 6.45) is 0. The van der Waals surface area contributed by atoms with E-state index >= 15 is 0 Å². The molecule has 0 bridgehead atoms. The van der Waals surface area contributed by atoms with Gasteiger partial charge < -0.3 is 10.6 Å². The maximum Gasteiger partial charge on any atom is 0.175 e. The lowest BCUT2D eigenvalue weighted by atomic mass is 10.1. The van der Waals surface area contributed by atoms with Crippen molar-refractivity contribution >= 4 is 28.7 Å². The molecule has 0 aliphatic rings. The van der Waals surface area contributed by atoms with Crippen LogP contribution in [0.4, 0.5) is 15.8 Å². The molecule has 0 fully saturated rings. The van der Waals surface area contributed by atoms with E-state index in [-0.39, 0.29) is 5.82 Å². The minimum Gasteiger partial charge on any atom is -0.332 e. The van der Waals surface area contributed by atoms with Gasteiger partial charge in [-0.2, -0.15) is 0 Å². The van der Waals surface area contributed by atoms with Crippen molar-refractivity contribution in [1.82, 2.24) is 0 Å². The van der Waals surface area contributed by atoms with Crippen LogP contribution < -0.4 is 10.6 Å². The van der Waals surface area contributed by atoms with E-state index in [1.54, 1.807) is 19.1 Å². The van der Waals surface area contributed by atoms with Gasteiger partial charge in [-0.25, -0.2) is 4.39 Å². The maximum atomic E-state index is 13.5. The molecule has 0 aliphatic carbocycles. The van der Waals surface area contributed by atoms with Gasteiger partial charge in [-0.05, 0) is 73.9 Å². The standard InChI is InChI=1S/C16H17FN2S/c1-10-6-11(2)8-14(7-10)19-16(20)18-13-5-4-12(3)15(17)9-13/h4-9H,1-3H3,(H2,18,19,20). The summed E-state index contributed by atoms with van der Waals surface area (Å²) < 4.78 is 13.5. The summed E-state index contributed by atoms with van der Waals surface area (Å²) in [6.45, 7) is 5.79. The molecule has 2 aromatic carbocycles. The molecule has 0 amide bonds. The minimum absolute atomic E-state index is 0.246. The zero-order chi connectivity index (χ0) is 14.7. The fourth-order valence-electron chi connectivity index (χ4n) is 2.01. The van der Waals surface area contributed by atoms with Crippen LogP contribution in [0.1, 0.15) is 16.7 Å². The molecule has 0 heterocycles. The molecule has 20 heavy (non-hydrogen) atoms. The van der Waals surface area contributed by atoms with E-state index in [0.29, 0.717) is 16.4 Å². The molecule has 0 unspecified atom stereocenters. The fourth-order valence-corrected chi connectivity index (χ4v) is 2.25. The van der Waals surface area contributed by atoms with Crippen molar-refractivity contribution < 1.29 is 4.39 Å². The Balaban J connectivity index is 2.06. The van der Waals surface area contributed by atoms with Crippen molar-refractivity contribution in [1.29, 1.82) is 0 Å². The zero-order valence-corrected chi connectivity index (χ0v) is 12.6. The minimum atomic E-state index is -0.246. The second-order valence-electron chi connectivity index (χ2n) is 4.92. The molecule has 104 valence electrons. The molecule has 0 saturated heterocycles. The normalized spacial score (nSPS) is 10.2. The molecule has 0 atom stereocenters. The van der Waals surface area contributed by atoms with Gasteiger partial charge in [-0.15, -0.1) is 0 Å². The van der Waals surface area contributed by atoms with Gasteiger partial charge in [0.15, 0.2) is 5.11 Å². The third kappa shape index (κ3) is 3.78. The van der Waals surface area contributed by atoms with Gasteiger partial charge in [-0.1, -0.05) is 12.1 Å². The third-order valence-electron chi connectivity index (χ3n) is 2.91. The first kappa shape index (κ1) is 14.5. The summed E-state index contributed by atoms with van der Waals surface area (Å²) in [7, 11) is 0. The largest absolute Gasteiger partial charge is 0.332 e. The van der Waals surface area contributed by atoms with Crippen LogP contribution in [-0.2, 0) is 0 Å². The Labute approximate surface area is 124 Å². The Morgan fingerprint density at radius 1 is 0.900 bits per heavy atom. The van der Waals surface area contributed by atoms with Crippen LogP contribution in [0.3, 0.4) is 0 Å². The number of thiocarbonyl (C=S) groups is 1. The van der Waals surface area contributed by atoms with Gasteiger partial charge in [0.1, 0.15) is 5.82 Å². The maximum absolute atomic E-state index is 13.5. The van der Waals surface area contributed by atoms with E-state index in [2.05, 4.69) is 16.7 Å². The van der Waals surface area contributed by atoms with Crippen molar-refractivity contribution in [2.45, 2.75) is 20.8 Å². The highest BCUT2D eigenvalue weighted by Gasteiger charge is 2.03. The second-order valence-corrected chi connectivity index (χ2v) is 5.33. The van der Waals surface area contributed by atoms with Crippen LogP contribution in [0, 0.1) is 26.6 Å². The number of hydrogen-bond acceptors (Lipinski definition) is 1. The molecule has 0 aromatic heterocycles. The summed E-state index contributed by atoms with van der Waals surface area (Å²) in [5.74, 6) is -0.246. The van der Waals surface area contributed by atoms with Gasteiger partial charge in [-0.3, -0.25) is 0 Å². The van der Waals surface area contributed by atoms with Crippen molar-refractivity contribution in [3.63, 3.8) is 0 Å². The summed E-state index contributed by atoms with van der Waals surface area (Å²) in [4.78, 5) is 0. The van der Waals surface area contributed by atoms with Crippen molar-refractivity contribution in [3.8, 4) is 0 Å². The second kappa shape index (κ2) is 6.01. The first-order valence-electron chi connectivity index (χ1n) is 6.36. The molecule has 0 saturated carbocycles. The molecule has 4 heteroatoms. The first-order chi connectivity index (χ1) is 9.44.